The summed E-state index contributed by atoms with van der Waals surface area (Å²) in [6, 6.07) is 20.6. The third kappa shape index (κ3) is 4.04. The predicted octanol–water partition coefficient (Wildman–Crippen LogP) is 6.13. The number of hydrogen-bond donors (Lipinski definition) is 1. The first kappa shape index (κ1) is 23.4. The molecule has 1 N–H and O–H groups in total. The van der Waals surface area contributed by atoms with Crippen LogP contribution in [-0.4, -0.2) is 16.8 Å². The van der Waals surface area contributed by atoms with Crippen molar-refractivity contribution in [2.75, 3.05) is 4.90 Å². The van der Waals surface area contributed by atoms with Crippen LogP contribution in [0.5, 0.6) is 0 Å². The Kier molecular flexibility index (Phi) is 6.30. The maximum Gasteiger partial charge on any atom is 0.264 e. The lowest BCUT2D eigenvalue weighted by molar-refractivity contribution is -0.139. The summed E-state index contributed by atoms with van der Waals surface area (Å²) in [7, 11) is 0. The Morgan fingerprint density at radius 3 is 2.39 bits per heavy atom. The minimum absolute atomic E-state index is 0.266. The molecule has 33 heavy (non-hydrogen) atoms. The van der Waals surface area contributed by atoms with Crippen LogP contribution in [0.1, 0.15) is 59.3 Å². The number of nitrogens with zero attached hydrogens (tertiary/aromatic N) is 1. The van der Waals surface area contributed by atoms with Gasteiger partial charge in [-0.15, -0.1) is 0 Å². The van der Waals surface area contributed by atoms with E-state index in [2.05, 4.69) is 48.0 Å². The van der Waals surface area contributed by atoms with Gasteiger partial charge in [-0.3, -0.25) is 9.59 Å². The summed E-state index contributed by atoms with van der Waals surface area (Å²) in [5, 5.41) is 11.9. The molecule has 1 heterocycles. The number of hydrogen-bond acceptors (Lipinski definition) is 3. The van der Waals surface area contributed by atoms with E-state index in [1.165, 1.54) is 5.56 Å². The third-order valence-corrected chi connectivity index (χ3v) is 7.17. The van der Waals surface area contributed by atoms with Gasteiger partial charge in [0.1, 0.15) is 0 Å². The number of Topliss-reactive ketones (excluding diaryl/α,β-unsaturated/α-hetero) is 1. The molecule has 1 aliphatic heterocycles. The van der Waals surface area contributed by atoms with Gasteiger partial charge in [-0.05, 0) is 47.7 Å². The van der Waals surface area contributed by atoms with Crippen molar-refractivity contribution in [2.24, 2.45) is 5.92 Å². The highest BCUT2D eigenvalue weighted by Crippen LogP contribution is 2.47. The minimum Gasteiger partial charge on any atom is -0.375 e. The van der Waals surface area contributed by atoms with E-state index in [0.717, 1.165) is 15.6 Å². The molecule has 4 rings (SSSR count). The number of amides is 1. The summed E-state index contributed by atoms with van der Waals surface area (Å²) in [6.45, 7) is 8.26. The average Bonchev–Trinajstić information content (AvgIpc) is 3.02. The monoisotopic (exact) mass is 505 g/mol. The molecule has 1 aliphatic rings. The van der Waals surface area contributed by atoms with E-state index in [1.807, 2.05) is 25.1 Å². The molecule has 0 saturated heterocycles. The maximum atomic E-state index is 13.8. The second-order valence-electron chi connectivity index (χ2n) is 9.11. The zero-order valence-electron chi connectivity index (χ0n) is 19.3. The lowest BCUT2D eigenvalue weighted by Gasteiger charge is -2.29. The van der Waals surface area contributed by atoms with Gasteiger partial charge in [-0.2, -0.15) is 0 Å². The Labute approximate surface area is 203 Å². The fraction of sp³-hybridized carbons (Fsp3) is 0.286. The molecule has 3 aromatic rings. The first-order valence-electron chi connectivity index (χ1n) is 11.2. The molecular weight excluding hydrogens is 478 g/mol. The molecule has 4 nitrogen and oxygen atoms in total. The van der Waals surface area contributed by atoms with Gasteiger partial charge < -0.3 is 10.0 Å². The number of aliphatic hydroxyl groups is 1. The van der Waals surface area contributed by atoms with Crippen molar-refractivity contribution in [2.45, 2.75) is 45.8 Å². The van der Waals surface area contributed by atoms with Gasteiger partial charge >= 0.3 is 0 Å². The van der Waals surface area contributed by atoms with Crippen LogP contribution in [0.15, 0.2) is 71.2 Å². The highest BCUT2D eigenvalue weighted by Gasteiger charge is 2.55. The van der Waals surface area contributed by atoms with E-state index < -0.39 is 17.4 Å². The van der Waals surface area contributed by atoms with Crippen LogP contribution in [0.2, 0.25) is 0 Å². The summed E-state index contributed by atoms with van der Waals surface area (Å²) < 4.78 is 0.742. The van der Waals surface area contributed by atoms with Crippen LogP contribution < -0.4 is 4.90 Å². The van der Waals surface area contributed by atoms with Crippen LogP contribution in [0.4, 0.5) is 5.69 Å². The van der Waals surface area contributed by atoms with Crippen LogP contribution in [0.25, 0.3) is 0 Å². The zero-order chi connectivity index (χ0) is 23.9. The first-order valence-corrected chi connectivity index (χ1v) is 12.0. The van der Waals surface area contributed by atoms with E-state index in [1.54, 1.807) is 42.2 Å². The van der Waals surface area contributed by atoms with Gasteiger partial charge in [0.15, 0.2) is 11.4 Å². The Hall–Kier alpha value is -2.76. The fourth-order valence-electron chi connectivity index (χ4n) is 4.49. The van der Waals surface area contributed by atoms with Crippen LogP contribution in [0, 0.1) is 12.8 Å². The van der Waals surface area contributed by atoms with Gasteiger partial charge in [-0.25, -0.2) is 0 Å². The molecule has 5 heteroatoms. The minimum atomic E-state index is -1.95. The molecule has 2 unspecified atom stereocenters. The molecule has 0 aliphatic carbocycles. The molecule has 2 atom stereocenters. The lowest BCUT2D eigenvalue weighted by atomic mass is 9.79. The molecule has 0 bridgehead atoms. The van der Waals surface area contributed by atoms with Gasteiger partial charge in [0, 0.05) is 15.6 Å². The second-order valence-corrected chi connectivity index (χ2v) is 10.0. The summed E-state index contributed by atoms with van der Waals surface area (Å²) in [5.74, 6) is -1.32. The molecule has 0 saturated carbocycles. The van der Waals surface area contributed by atoms with Crippen molar-refractivity contribution in [1.29, 1.82) is 0 Å². The topological polar surface area (TPSA) is 57.6 Å². The van der Waals surface area contributed by atoms with Gasteiger partial charge in [0.05, 0.1) is 18.2 Å². The van der Waals surface area contributed by atoms with Crippen molar-refractivity contribution in [3.05, 3.63) is 99.0 Å². The summed E-state index contributed by atoms with van der Waals surface area (Å²) >= 11 is 3.47. The van der Waals surface area contributed by atoms with E-state index in [-0.39, 0.29) is 5.78 Å². The number of carbonyl (C=O) groups excluding carboxylic acids is 2. The molecule has 3 aromatic carbocycles. The quantitative estimate of drug-likeness (QED) is 0.409. The highest BCUT2D eigenvalue weighted by molar-refractivity contribution is 9.10. The van der Waals surface area contributed by atoms with Crippen LogP contribution in [-0.2, 0) is 16.9 Å². The first-order chi connectivity index (χ1) is 15.6. The summed E-state index contributed by atoms with van der Waals surface area (Å²) in [6.07, 6.45) is 0. The van der Waals surface area contributed by atoms with E-state index in [9.17, 15) is 14.7 Å². The third-order valence-electron chi connectivity index (χ3n) is 6.68. The number of ketones is 1. The Bertz CT molecular complexity index is 1220. The smallest absolute Gasteiger partial charge is 0.264 e. The predicted molar refractivity (Wildman–Crippen MR) is 134 cm³/mol. The van der Waals surface area contributed by atoms with E-state index >= 15 is 0 Å². The average molecular weight is 506 g/mol. The van der Waals surface area contributed by atoms with Gasteiger partial charge in [0.2, 0.25) is 0 Å². The number of halogens is 1. The Morgan fingerprint density at radius 2 is 1.73 bits per heavy atom. The number of carbonyl (C=O) groups is 2. The molecule has 0 aromatic heterocycles. The number of anilines is 1. The van der Waals surface area contributed by atoms with Crippen molar-refractivity contribution in [1.82, 2.24) is 0 Å². The number of fused-ring (bicyclic) bond motifs is 1. The molecule has 0 radical (unpaired) electrons. The SMILES string of the molecule is Cc1ccc(C(C)C)cc1CN1C(=O)C(O)(C(C)C(=O)c2ccccc2)c2cc(Br)ccc21. The van der Waals surface area contributed by atoms with Crippen molar-refractivity contribution in [3.63, 3.8) is 0 Å². The summed E-state index contributed by atoms with van der Waals surface area (Å²) in [4.78, 5) is 28.7. The molecular formula is C28H28BrNO3. The van der Waals surface area contributed by atoms with Crippen molar-refractivity contribution >= 4 is 33.3 Å². The number of rotatable bonds is 6. The standard InChI is InChI=1S/C28H28BrNO3/c1-17(2)21-11-10-18(3)22(14-21)16-30-25-13-12-23(29)15-24(25)28(33,27(30)32)19(4)26(31)20-8-6-5-7-9-20/h5-15,17,19,33H,16H2,1-4H3. The molecule has 0 fully saturated rings. The van der Waals surface area contributed by atoms with E-state index in [0.29, 0.717) is 29.3 Å². The zero-order valence-corrected chi connectivity index (χ0v) is 20.9. The van der Waals surface area contributed by atoms with Crippen LogP contribution >= 0.6 is 15.9 Å². The Balaban J connectivity index is 1.78. The normalized spacial score (nSPS) is 18.5. The molecule has 170 valence electrons. The molecule has 1 amide bonds. The summed E-state index contributed by atoms with van der Waals surface area (Å²) in [5.41, 5.74) is 2.91. The van der Waals surface area contributed by atoms with Gasteiger partial charge in [-0.1, -0.05) is 85.2 Å². The largest absolute Gasteiger partial charge is 0.375 e. The highest BCUT2D eigenvalue weighted by atomic mass is 79.9. The van der Waals surface area contributed by atoms with Crippen LogP contribution in [0.3, 0.4) is 0 Å². The van der Waals surface area contributed by atoms with E-state index in [4.69, 9.17) is 0 Å². The maximum absolute atomic E-state index is 13.8. The molecule has 0 spiro atoms. The van der Waals surface area contributed by atoms with Gasteiger partial charge in [0.25, 0.3) is 5.91 Å². The van der Waals surface area contributed by atoms with Crippen molar-refractivity contribution in [3.8, 4) is 0 Å². The fourth-order valence-corrected chi connectivity index (χ4v) is 4.85. The number of benzene rings is 3. The Morgan fingerprint density at radius 1 is 1.03 bits per heavy atom. The number of aryl methyl sites for hydroxylation is 1. The lowest BCUT2D eigenvalue weighted by Crippen LogP contribution is -2.47. The van der Waals surface area contributed by atoms with Crippen molar-refractivity contribution < 1.29 is 14.7 Å². The second kappa shape index (κ2) is 8.88.